The highest BCUT2D eigenvalue weighted by Crippen LogP contribution is 2.39. The molecule has 5 rings (SSSR count). The normalized spacial score (nSPS) is 19.8. The molecule has 0 aliphatic carbocycles. The maximum absolute atomic E-state index is 6.89. The first kappa shape index (κ1) is 20.5. The zero-order chi connectivity index (χ0) is 21.4. The van der Waals surface area contributed by atoms with E-state index in [1.807, 2.05) is 0 Å². The fourth-order valence-corrected chi connectivity index (χ4v) is 5.15. The Morgan fingerprint density at radius 2 is 1.65 bits per heavy atom. The molecule has 1 saturated heterocycles. The van der Waals surface area contributed by atoms with Crippen LogP contribution in [0.25, 0.3) is 11.3 Å². The average Bonchev–Trinajstić information content (AvgIpc) is 3.11. The van der Waals surface area contributed by atoms with Gasteiger partial charge in [0.15, 0.2) is 0 Å². The van der Waals surface area contributed by atoms with Crippen LogP contribution in [-0.4, -0.2) is 40.7 Å². The van der Waals surface area contributed by atoms with E-state index in [0.717, 1.165) is 50.4 Å². The van der Waals surface area contributed by atoms with Crippen molar-refractivity contribution in [3.8, 4) is 11.3 Å². The van der Waals surface area contributed by atoms with Crippen LogP contribution in [0.1, 0.15) is 61.4 Å². The monoisotopic (exact) mass is 415 g/mol. The molecule has 2 aliphatic rings. The van der Waals surface area contributed by atoms with Crippen LogP contribution in [0.2, 0.25) is 0 Å². The summed E-state index contributed by atoms with van der Waals surface area (Å²) in [5, 5.41) is 0. The molecule has 1 fully saturated rings. The lowest BCUT2D eigenvalue weighted by atomic mass is 9.99. The van der Waals surface area contributed by atoms with Crippen molar-refractivity contribution >= 4 is 0 Å². The van der Waals surface area contributed by atoms with E-state index < -0.39 is 0 Å². The molecule has 0 spiro atoms. The first-order chi connectivity index (χ1) is 15.1. The Kier molecular flexibility index (Phi) is 5.68. The Labute approximate surface area is 185 Å². The van der Waals surface area contributed by atoms with Crippen molar-refractivity contribution in [1.29, 1.82) is 0 Å². The summed E-state index contributed by atoms with van der Waals surface area (Å²) in [6.07, 6.45) is 3.35. The predicted molar refractivity (Wildman–Crippen MR) is 125 cm³/mol. The Balaban J connectivity index is 1.62. The van der Waals surface area contributed by atoms with Gasteiger partial charge < -0.3 is 14.2 Å². The Morgan fingerprint density at radius 1 is 0.935 bits per heavy atom. The number of rotatable bonds is 4. The van der Waals surface area contributed by atoms with Gasteiger partial charge in [-0.15, -0.1) is 0 Å². The highest BCUT2D eigenvalue weighted by atomic mass is 16.5. The summed E-state index contributed by atoms with van der Waals surface area (Å²) in [7, 11) is 2.20. The van der Waals surface area contributed by atoms with Gasteiger partial charge >= 0.3 is 0 Å². The predicted octanol–water partition coefficient (Wildman–Crippen LogP) is 5.43. The van der Waals surface area contributed by atoms with Crippen LogP contribution >= 0.6 is 0 Å². The summed E-state index contributed by atoms with van der Waals surface area (Å²) in [4.78, 5) is 7.69. The number of hydrogen-bond donors (Lipinski definition) is 0. The van der Waals surface area contributed by atoms with Gasteiger partial charge in [-0.1, -0.05) is 68.4 Å². The van der Waals surface area contributed by atoms with Crippen LogP contribution in [0.3, 0.4) is 0 Å². The third kappa shape index (κ3) is 3.95. The molecule has 1 atom stereocenters. The lowest BCUT2D eigenvalue weighted by molar-refractivity contribution is -0.0276. The van der Waals surface area contributed by atoms with Gasteiger partial charge in [0.25, 0.3) is 0 Å². The number of imidazole rings is 1. The van der Waals surface area contributed by atoms with E-state index in [1.54, 1.807) is 0 Å². The van der Waals surface area contributed by atoms with Gasteiger partial charge in [-0.05, 0) is 43.4 Å². The van der Waals surface area contributed by atoms with Crippen molar-refractivity contribution in [1.82, 2.24) is 14.5 Å². The van der Waals surface area contributed by atoms with Gasteiger partial charge in [-0.2, -0.15) is 0 Å². The maximum Gasteiger partial charge on any atom is 0.143 e. The van der Waals surface area contributed by atoms with Crippen molar-refractivity contribution in [2.24, 2.45) is 0 Å². The largest absolute Gasteiger partial charge is 0.362 e. The molecule has 0 amide bonds. The van der Waals surface area contributed by atoms with Crippen molar-refractivity contribution in [2.75, 3.05) is 20.1 Å². The lowest BCUT2D eigenvalue weighted by Gasteiger charge is -2.32. The van der Waals surface area contributed by atoms with E-state index >= 15 is 0 Å². The number of piperidine rings is 1. The molecule has 1 aromatic heterocycles. The third-order valence-electron chi connectivity index (χ3n) is 6.80. The molecular weight excluding hydrogens is 382 g/mol. The molecule has 0 bridgehead atoms. The number of benzene rings is 2. The number of hydrogen-bond acceptors (Lipinski definition) is 3. The number of ether oxygens (including phenoxy) is 1. The first-order valence-corrected chi connectivity index (χ1v) is 11.7. The summed E-state index contributed by atoms with van der Waals surface area (Å²) in [6, 6.07) is 19.4. The molecule has 0 saturated carbocycles. The van der Waals surface area contributed by atoms with Gasteiger partial charge in [0, 0.05) is 30.9 Å². The van der Waals surface area contributed by atoms with Crippen molar-refractivity contribution in [3.63, 3.8) is 0 Å². The zero-order valence-corrected chi connectivity index (χ0v) is 18.9. The summed E-state index contributed by atoms with van der Waals surface area (Å²) < 4.78 is 9.35. The van der Waals surface area contributed by atoms with Gasteiger partial charge in [0.05, 0.1) is 11.8 Å². The highest BCUT2D eigenvalue weighted by Gasteiger charge is 2.33. The van der Waals surface area contributed by atoms with Crippen molar-refractivity contribution < 1.29 is 4.74 Å². The van der Waals surface area contributed by atoms with E-state index in [-0.39, 0.29) is 12.2 Å². The van der Waals surface area contributed by atoms with E-state index in [1.165, 1.54) is 22.4 Å². The molecule has 31 heavy (non-hydrogen) atoms. The van der Waals surface area contributed by atoms with E-state index in [2.05, 4.69) is 85.0 Å². The van der Waals surface area contributed by atoms with Gasteiger partial charge in [0.2, 0.25) is 0 Å². The molecule has 2 aromatic carbocycles. The van der Waals surface area contributed by atoms with E-state index in [4.69, 9.17) is 9.72 Å². The second kappa shape index (κ2) is 8.60. The fourth-order valence-electron chi connectivity index (χ4n) is 5.15. The Hall–Kier alpha value is -2.43. The number of likely N-dealkylation sites (tertiary alicyclic amines) is 1. The standard InChI is InChI=1S/C27H33N3O/c1-19(2)25-24(21-10-5-4-6-11-21)28-27-26(31-22-14-16-29(3)17-15-22)23-12-8-7-9-20(23)13-18-30(25)27/h4-12,19,22,26H,13-18H2,1-3H3. The van der Waals surface area contributed by atoms with Crippen LogP contribution in [0.15, 0.2) is 54.6 Å². The number of aromatic nitrogens is 2. The SMILES string of the molecule is CC(C)c1c(-c2ccccc2)nc2n1CCc1ccccc1C2OC1CCN(C)CC1. The topological polar surface area (TPSA) is 30.3 Å². The molecule has 3 heterocycles. The average molecular weight is 416 g/mol. The van der Waals surface area contributed by atoms with Crippen molar-refractivity contribution in [2.45, 2.75) is 57.8 Å². The van der Waals surface area contributed by atoms with E-state index in [0.29, 0.717) is 5.92 Å². The minimum atomic E-state index is -0.109. The molecule has 162 valence electrons. The summed E-state index contributed by atoms with van der Waals surface area (Å²) >= 11 is 0. The van der Waals surface area contributed by atoms with Gasteiger partial charge in [0.1, 0.15) is 11.9 Å². The molecule has 3 aromatic rings. The highest BCUT2D eigenvalue weighted by molar-refractivity contribution is 5.63. The van der Waals surface area contributed by atoms with Crippen LogP contribution in [-0.2, 0) is 17.7 Å². The summed E-state index contributed by atoms with van der Waals surface area (Å²) in [6.45, 7) is 7.70. The molecule has 2 aliphatic heterocycles. The molecule has 1 unspecified atom stereocenters. The van der Waals surface area contributed by atoms with Gasteiger partial charge in [-0.3, -0.25) is 0 Å². The van der Waals surface area contributed by atoms with Crippen LogP contribution in [0.4, 0.5) is 0 Å². The molecular formula is C27H33N3O. The van der Waals surface area contributed by atoms with Crippen LogP contribution in [0.5, 0.6) is 0 Å². The number of fused-ring (bicyclic) bond motifs is 2. The number of nitrogens with zero attached hydrogens (tertiary/aromatic N) is 3. The first-order valence-electron chi connectivity index (χ1n) is 11.7. The second-order valence-electron chi connectivity index (χ2n) is 9.34. The minimum Gasteiger partial charge on any atom is -0.362 e. The van der Waals surface area contributed by atoms with Gasteiger partial charge in [-0.25, -0.2) is 4.98 Å². The molecule has 0 N–H and O–H groups in total. The third-order valence-corrected chi connectivity index (χ3v) is 6.80. The fraction of sp³-hybridized carbons (Fsp3) is 0.444. The molecule has 4 nitrogen and oxygen atoms in total. The molecule has 0 radical (unpaired) electrons. The Bertz CT molecular complexity index is 1030. The second-order valence-corrected chi connectivity index (χ2v) is 9.34. The minimum absolute atomic E-state index is 0.109. The summed E-state index contributed by atoms with van der Waals surface area (Å²) in [5.41, 5.74) is 6.31. The lowest BCUT2D eigenvalue weighted by Crippen LogP contribution is -2.35. The molecule has 4 heteroatoms. The maximum atomic E-state index is 6.89. The smallest absolute Gasteiger partial charge is 0.143 e. The Morgan fingerprint density at radius 3 is 2.39 bits per heavy atom. The zero-order valence-electron chi connectivity index (χ0n) is 18.9. The van der Waals surface area contributed by atoms with Crippen molar-refractivity contribution in [3.05, 3.63) is 77.2 Å². The van der Waals surface area contributed by atoms with Crippen LogP contribution < -0.4 is 0 Å². The quantitative estimate of drug-likeness (QED) is 0.569. The number of aryl methyl sites for hydroxylation is 1. The van der Waals surface area contributed by atoms with E-state index in [9.17, 15) is 0 Å². The van der Waals surface area contributed by atoms with Crippen LogP contribution in [0, 0.1) is 0 Å². The summed E-state index contributed by atoms with van der Waals surface area (Å²) in [5.74, 6) is 1.47.